The van der Waals surface area contributed by atoms with Gasteiger partial charge in [0.15, 0.2) is 0 Å². The van der Waals surface area contributed by atoms with Crippen LogP contribution in [0, 0.1) is 0 Å². The van der Waals surface area contributed by atoms with Crippen LogP contribution >= 0.6 is 0 Å². The van der Waals surface area contributed by atoms with Crippen molar-refractivity contribution in [1.29, 1.82) is 0 Å². The maximum atomic E-state index is 11.7. The Labute approximate surface area is 133 Å². The summed E-state index contributed by atoms with van der Waals surface area (Å²) in [5.41, 5.74) is 6.56. The maximum absolute atomic E-state index is 11.7. The summed E-state index contributed by atoms with van der Waals surface area (Å²) >= 11 is 0. The highest BCUT2D eigenvalue weighted by atomic mass is 16.6. The lowest BCUT2D eigenvalue weighted by Gasteiger charge is -2.28. The number of hydrogen-bond acceptors (Lipinski definition) is 5. The third-order valence-electron chi connectivity index (χ3n) is 3.28. The Morgan fingerprint density at radius 3 is 2.59 bits per heavy atom. The van der Waals surface area contributed by atoms with Gasteiger partial charge in [-0.3, -0.25) is 4.98 Å². The summed E-state index contributed by atoms with van der Waals surface area (Å²) in [6, 6.07) is 4.09. The summed E-state index contributed by atoms with van der Waals surface area (Å²) in [5, 5.41) is 2.78. The molecule has 0 saturated heterocycles. The van der Waals surface area contributed by atoms with Crippen LogP contribution < -0.4 is 11.1 Å². The van der Waals surface area contributed by atoms with Crippen molar-refractivity contribution < 1.29 is 9.53 Å². The van der Waals surface area contributed by atoms with Crippen molar-refractivity contribution in [3.63, 3.8) is 0 Å². The zero-order valence-corrected chi connectivity index (χ0v) is 14.0. The van der Waals surface area contributed by atoms with Crippen molar-refractivity contribution >= 4 is 6.09 Å². The number of pyridine rings is 1. The first-order valence-electron chi connectivity index (χ1n) is 7.58. The number of ether oxygens (including phenoxy) is 1. The number of amides is 1. The smallest absolute Gasteiger partial charge is 0.407 e. The second kappa shape index (κ2) is 8.70. The lowest BCUT2D eigenvalue weighted by Crippen LogP contribution is -2.47. The van der Waals surface area contributed by atoms with E-state index >= 15 is 0 Å². The van der Waals surface area contributed by atoms with E-state index in [1.54, 1.807) is 12.4 Å². The summed E-state index contributed by atoms with van der Waals surface area (Å²) in [6.45, 7) is 7.33. The topological polar surface area (TPSA) is 80.5 Å². The first kappa shape index (κ1) is 18.4. The molecule has 1 heterocycles. The Hall–Kier alpha value is -1.66. The van der Waals surface area contributed by atoms with Gasteiger partial charge in [-0.25, -0.2) is 4.79 Å². The Balaban J connectivity index is 2.38. The molecule has 1 aromatic rings. The fraction of sp³-hybridized carbons (Fsp3) is 0.625. The number of rotatable bonds is 7. The highest BCUT2D eigenvalue weighted by Gasteiger charge is 2.18. The van der Waals surface area contributed by atoms with Crippen LogP contribution in [0.3, 0.4) is 0 Å². The zero-order valence-electron chi connectivity index (χ0n) is 14.0. The van der Waals surface area contributed by atoms with Gasteiger partial charge in [0.25, 0.3) is 0 Å². The van der Waals surface area contributed by atoms with Crippen LogP contribution in [0.2, 0.25) is 0 Å². The highest BCUT2D eigenvalue weighted by Crippen LogP contribution is 2.06. The van der Waals surface area contributed by atoms with E-state index in [-0.39, 0.29) is 6.04 Å². The molecule has 0 bridgehead atoms. The number of nitrogens with zero attached hydrogens (tertiary/aromatic N) is 2. The maximum Gasteiger partial charge on any atom is 0.407 e. The molecule has 22 heavy (non-hydrogen) atoms. The van der Waals surface area contributed by atoms with E-state index in [1.165, 1.54) is 5.56 Å². The molecule has 1 atom stereocenters. The third-order valence-corrected chi connectivity index (χ3v) is 3.28. The number of likely N-dealkylation sites (N-methyl/N-ethyl adjacent to an activating group) is 1. The van der Waals surface area contributed by atoms with Crippen LogP contribution in [0.15, 0.2) is 24.5 Å². The summed E-state index contributed by atoms with van der Waals surface area (Å²) in [7, 11) is 2.01. The molecule has 0 fully saturated rings. The average Bonchev–Trinajstić information content (AvgIpc) is 2.45. The molecule has 0 saturated carbocycles. The monoisotopic (exact) mass is 308 g/mol. The lowest BCUT2D eigenvalue weighted by atomic mass is 10.1. The highest BCUT2D eigenvalue weighted by molar-refractivity contribution is 5.67. The average molecular weight is 308 g/mol. The standard InChI is InChI=1S/C16H28N4O2/c1-16(2,3)22-15(21)19-12-14(11-17)20(4)10-7-13-5-8-18-9-6-13/h5-6,8-9,14H,7,10-12,17H2,1-4H3,(H,19,21). The minimum atomic E-state index is -0.491. The fourth-order valence-corrected chi connectivity index (χ4v) is 1.97. The molecule has 0 aliphatic carbocycles. The predicted molar refractivity (Wildman–Crippen MR) is 87.7 cm³/mol. The normalized spacial score (nSPS) is 13.0. The van der Waals surface area contributed by atoms with Crippen LogP contribution in [0.4, 0.5) is 4.79 Å². The summed E-state index contributed by atoms with van der Waals surface area (Å²) in [4.78, 5) is 17.8. The number of aromatic nitrogens is 1. The molecule has 0 aliphatic rings. The molecular formula is C16H28N4O2. The second-order valence-corrected chi connectivity index (χ2v) is 6.36. The largest absolute Gasteiger partial charge is 0.444 e. The van der Waals surface area contributed by atoms with E-state index in [0.29, 0.717) is 13.1 Å². The van der Waals surface area contributed by atoms with Crippen molar-refractivity contribution in [2.45, 2.75) is 38.8 Å². The number of nitrogens with two attached hydrogens (primary N) is 1. The SMILES string of the molecule is CN(CCc1ccncc1)C(CN)CNC(=O)OC(C)(C)C. The molecule has 1 unspecified atom stereocenters. The van der Waals surface area contributed by atoms with E-state index in [1.807, 2.05) is 40.0 Å². The van der Waals surface area contributed by atoms with Crippen molar-refractivity contribution in [2.75, 3.05) is 26.7 Å². The first-order chi connectivity index (χ1) is 10.3. The second-order valence-electron chi connectivity index (χ2n) is 6.36. The molecule has 0 radical (unpaired) electrons. The molecule has 1 rings (SSSR count). The number of hydrogen-bond donors (Lipinski definition) is 2. The van der Waals surface area contributed by atoms with E-state index in [9.17, 15) is 4.79 Å². The number of carbonyl (C=O) groups is 1. The zero-order chi connectivity index (χ0) is 16.6. The van der Waals surface area contributed by atoms with Gasteiger partial charge in [0.1, 0.15) is 5.60 Å². The Kier molecular flexibility index (Phi) is 7.27. The fourth-order valence-electron chi connectivity index (χ4n) is 1.97. The molecule has 3 N–H and O–H groups in total. The van der Waals surface area contributed by atoms with E-state index in [4.69, 9.17) is 10.5 Å². The van der Waals surface area contributed by atoms with Crippen molar-refractivity contribution in [3.05, 3.63) is 30.1 Å². The van der Waals surface area contributed by atoms with Gasteiger partial charge in [0, 0.05) is 38.1 Å². The van der Waals surface area contributed by atoms with Crippen molar-refractivity contribution in [1.82, 2.24) is 15.2 Å². The minimum absolute atomic E-state index is 0.0781. The van der Waals surface area contributed by atoms with E-state index in [0.717, 1.165) is 13.0 Å². The van der Waals surface area contributed by atoms with E-state index < -0.39 is 11.7 Å². The molecule has 1 amide bonds. The van der Waals surface area contributed by atoms with Crippen LogP contribution in [-0.4, -0.2) is 54.3 Å². The van der Waals surface area contributed by atoms with Gasteiger partial charge in [-0.05, 0) is 51.9 Å². The van der Waals surface area contributed by atoms with Gasteiger partial charge in [-0.15, -0.1) is 0 Å². The predicted octanol–water partition coefficient (Wildman–Crippen LogP) is 1.41. The minimum Gasteiger partial charge on any atom is -0.444 e. The lowest BCUT2D eigenvalue weighted by molar-refractivity contribution is 0.0512. The Bertz CT molecular complexity index is 445. The summed E-state index contributed by atoms with van der Waals surface area (Å²) < 4.78 is 5.23. The molecule has 6 heteroatoms. The van der Waals surface area contributed by atoms with Gasteiger partial charge in [0.2, 0.25) is 0 Å². The van der Waals surface area contributed by atoms with Crippen LogP contribution in [-0.2, 0) is 11.2 Å². The molecule has 0 aromatic carbocycles. The first-order valence-corrected chi connectivity index (χ1v) is 7.58. The van der Waals surface area contributed by atoms with Crippen molar-refractivity contribution in [2.24, 2.45) is 5.73 Å². The number of carbonyl (C=O) groups excluding carboxylic acids is 1. The quantitative estimate of drug-likeness (QED) is 0.796. The third kappa shape index (κ3) is 7.38. The van der Waals surface area contributed by atoms with Gasteiger partial charge < -0.3 is 20.7 Å². The van der Waals surface area contributed by atoms with Gasteiger partial charge in [-0.1, -0.05) is 0 Å². The number of alkyl carbamates (subject to hydrolysis) is 1. The molecule has 0 spiro atoms. The summed E-state index contributed by atoms with van der Waals surface area (Å²) in [6.07, 6.45) is 4.09. The van der Waals surface area contributed by atoms with Crippen LogP contribution in [0.25, 0.3) is 0 Å². The molecular weight excluding hydrogens is 280 g/mol. The van der Waals surface area contributed by atoms with Gasteiger partial charge in [-0.2, -0.15) is 0 Å². The Morgan fingerprint density at radius 1 is 1.41 bits per heavy atom. The number of nitrogens with one attached hydrogen (secondary N) is 1. The van der Waals surface area contributed by atoms with E-state index in [2.05, 4.69) is 15.2 Å². The molecule has 1 aromatic heterocycles. The van der Waals surface area contributed by atoms with Crippen LogP contribution in [0.5, 0.6) is 0 Å². The molecule has 0 aliphatic heterocycles. The molecule has 6 nitrogen and oxygen atoms in total. The Morgan fingerprint density at radius 2 is 2.05 bits per heavy atom. The van der Waals surface area contributed by atoms with Gasteiger partial charge in [0.05, 0.1) is 0 Å². The van der Waals surface area contributed by atoms with Gasteiger partial charge >= 0.3 is 6.09 Å². The van der Waals surface area contributed by atoms with Crippen molar-refractivity contribution in [3.8, 4) is 0 Å². The summed E-state index contributed by atoms with van der Waals surface area (Å²) in [5.74, 6) is 0. The van der Waals surface area contributed by atoms with Crippen LogP contribution in [0.1, 0.15) is 26.3 Å². The molecule has 124 valence electrons.